The molecular formula is C128H77F5N4OS. The molecule has 0 unspecified atom stereocenters. The molecule has 0 atom stereocenters. The zero-order valence-electron chi connectivity index (χ0n) is 74.5. The minimum Gasteiger partial charge on any atom is -0.456 e. The van der Waals surface area contributed by atoms with Gasteiger partial charge < -0.3 is 22.7 Å². The first-order chi connectivity index (χ1) is 68.6. The first-order valence-corrected chi connectivity index (χ1v) is 47.3. The van der Waals surface area contributed by atoms with E-state index in [0.29, 0.717) is 21.8 Å². The molecule has 0 fully saturated rings. The van der Waals surface area contributed by atoms with Crippen LogP contribution >= 0.6 is 11.3 Å². The van der Waals surface area contributed by atoms with Crippen molar-refractivity contribution in [3.63, 3.8) is 0 Å². The lowest BCUT2D eigenvalue weighted by Crippen LogP contribution is -2.09. The lowest BCUT2D eigenvalue weighted by Gasteiger charge is -2.18. The van der Waals surface area contributed by atoms with E-state index >= 15 is 8.78 Å². The predicted octanol–water partition coefficient (Wildman–Crippen LogP) is 36.4. The van der Waals surface area contributed by atoms with Gasteiger partial charge in [0.25, 0.3) is 0 Å². The zero-order chi connectivity index (χ0) is 92.6. The van der Waals surface area contributed by atoms with Gasteiger partial charge in [0.15, 0.2) is 23.3 Å². The number of aromatic nitrogens is 4. The summed E-state index contributed by atoms with van der Waals surface area (Å²) in [5.74, 6) is -9.97. The lowest BCUT2D eigenvalue weighted by molar-refractivity contribution is 0.376. The molecule has 0 aliphatic rings. The molecule has 6 aromatic heterocycles. The van der Waals surface area contributed by atoms with E-state index in [2.05, 4.69) is 384 Å². The Bertz CT molecular complexity index is 9780. The molecule has 139 heavy (non-hydrogen) atoms. The summed E-state index contributed by atoms with van der Waals surface area (Å²) >= 11 is 1.90. The van der Waals surface area contributed by atoms with Gasteiger partial charge in [-0.1, -0.05) is 364 Å². The van der Waals surface area contributed by atoms with E-state index in [1.54, 1.807) is 30.3 Å². The van der Waals surface area contributed by atoms with Gasteiger partial charge in [-0.25, -0.2) is 22.0 Å². The molecule has 5 nitrogen and oxygen atoms in total. The number of nitrogens with zero attached hydrogens (tertiary/aromatic N) is 4. The van der Waals surface area contributed by atoms with Crippen LogP contribution in [0, 0.1) is 29.1 Å². The van der Waals surface area contributed by atoms with E-state index in [-0.39, 0.29) is 0 Å². The van der Waals surface area contributed by atoms with Crippen LogP contribution in [-0.4, -0.2) is 18.3 Å². The largest absolute Gasteiger partial charge is 0.456 e. The number of fused-ring (bicyclic) bond motifs is 20. The average molecular weight is 1810 g/mol. The van der Waals surface area contributed by atoms with Gasteiger partial charge in [0.1, 0.15) is 16.9 Å². The van der Waals surface area contributed by atoms with E-state index in [9.17, 15) is 13.2 Å². The van der Waals surface area contributed by atoms with Gasteiger partial charge in [-0.05, 0) is 186 Å². The third kappa shape index (κ3) is 13.5. The van der Waals surface area contributed by atoms with Gasteiger partial charge in [-0.3, -0.25) is 0 Å². The van der Waals surface area contributed by atoms with Crippen LogP contribution in [0.2, 0.25) is 0 Å². The van der Waals surface area contributed by atoms with E-state index in [1.807, 2.05) is 78.1 Å². The molecule has 0 bridgehead atoms. The standard InChI is InChI=1S/C46H29NO.C42H27NS.C40H21F5N2/c1-4-14-30(15-5-1)34-22-12-20-33-26-38(32-18-8-3-9-19-32)42(27-37(33)34)47-41-24-13-23-35(31-16-6-2-7-17-31)46(41)40-29-45-39(28-43(40)47)36-21-10-11-25-44(36)48-45;1-3-13-28(14-4-1)32-17-7-8-18-33(32)29-23-25-31(26-24-29)43-37-21-11-9-20-35(37)41-38(43)27-36-34-19-10-12-22-39(34)44-42(36)40(41)30-15-5-2-6-16-30;41-35-36(42)38(44)40(39(45)37(35)43)47-31-17-9-7-15-26(31)29-20-33-28(21-34(29)47)25-14-6-8-16-30(25)46(33)32-19-24-13-5-4-12-23(24)18-27(32)22-10-2-1-3-11-22/h1-29H;1-27H;1-21H. The summed E-state index contributed by atoms with van der Waals surface area (Å²) in [6.07, 6.45) is 0. The van der Waals surface area contributed by atoms with Crippen molar-refractivity contribution in [2.45, 2.75) is 0 Å². The first kappa shape index (κ1) is 82.0. The number of rotatable bonds is 11. The van der Waals surface area contributed by atoms with Crippen LogP contribution in [0.3, 0.4) is 0 Å². The maximum Gasteiger partial charge on any atom is 0.200 e. The van der Waals surface area contributed by atoms with Crippen molar-refractivity contribution in [1.29, 1.82) is 0 Å². The van der Waals surface area contributed by atoms with Gasteiger partial charge in [-0.2, -0.15) is 0 Å². The van der Waals surface area contributed by atoms with Crippen LogP contribution in [0.15, 0.2) is 472 Å². The highest BCUT2D eigenvalue weighted by Crippen LogP contribution is 2.52. The lowest BCUT2D eigenvalue weighted by atomic mass is 9.93. The second kappa shape index (κ2) is 33.4. The molecule has 6 heterocycles. The van der Waals surface area contributed by atoms with Crippen molar-refractivity contribution in [1.82, 2.24) is 18.3 Å². The number of hydrogen-bond acceptors (Lipinski definition) is 2. The molecule has 0 amide bonds. The van der Waals surface area contributed by atoms with Crippen molar-refractivity contribution in [2.75, 3.05) is 0 Å². The van der Waals surface area contributed by atoms with Crippen LogP contribution in [0.25, 0.3) is 252 Å². The fraction of sp³-hybridized carbons (Fsp3) is 0. The Balaban J connectivity index is 0.000000108. The molecule has 0 aliphatic heterocycles. The molecule has 0 aliphatic carbocycles. The summed E-state index contributed by atoms with van der Waals surface area (Å²) in [7, 11) is 0. The fourth-order valence-electron chi connectivity index (χ4n) is 21.5. The molecular weight excluding hydrogens is 1740 g/mol. The van der Waals surface area contributed by atoms with Gasteiger partial charge >= 0.3 is 0 Å². The Kier molecular flexibility index (Phi) is 19.7. The number of benzene rings is 22. The molecule has 0 spiro atoms. The Morgan fingerprint density at radius 1 is 0.194 bits per heavy atom. The van der Waals surface area contributed by atoms with E-state index < -0.39 is 34.8 Å². The minimum atomic E-state index is -2.19. The fourth-order valence-corrected chi connectivity index (χ4v) is 22.7. The third-order valence-corrected chi connectivity index (χ3v) is 28.9. The summed E-state index contributed by atoms with van der Waals surface area (Å²) in [5, 5.41) is 17.3. The Morgan fingerprint density at radius 2 is 0.590 bits per heavy atom. The topological polar surface area (TPSA) is 32.9 Å². The first-order valence-electron chi connectivity index (χ1n) is 46.5. The molecule has 0 saturated heterocycles. The summed E-state index contributed by atoms with van der Waals surface area (Å²) in [6, 6.07) is 164. The molecule has 28 aromatic rings. The van der Waals surface area contributed by atoms with Gasteiger partial charge in [0.2, 0.25) is 5.82 Å². The van der Waals surface area contributed by atoms with Crippen molar-refractivity contribution >= 4 is 162 Å². The number of para-hydroxylation sites is 4. The zero-order valence-corrected chi connectivity index (χ0v) is 75.3. The van der Waals surface area contributed by atoms with Crippen molar-refractivity contribution in [3.8, 4) is 101 Å². The summed E-state index contributed by atoms with van der Waals surface area (Å²) in [4.78, 5) is 0. The Labute approximate surface area is 798 Å². The molecule has 11 heteroatoms. The molecule has 28 rings (SSSR count). The second-order valence-electron chi connectivity index (χ2n) is 35.4. The van der Waals surface area contributed by atoms with Crippen LogP contribution in [0.5, 0.6) is 0 Å². The average Bonchev–Trinajstić information content (AvgIpc) is 1.47. The second-order valence-corrected chi connectivity index (χ2v) is 36.4. The molecule has 656 valence electrons. The van der Waals surface area contributed by atoms with Crippen LogP contribution < -0.4 is 0 Å². The molecule has 0 N–H and O–H groups in total. The number of hydrogen-bond donors (Lipinski definition) is 0. The molecule has 22 aromatic carbocycles. The SMILES string of the molecule is Fc1c(F)c(F)c(-n2c3ccccc3c3cc4c(cc32)c2ccccc2n4-c2cc3ccccc3cc2-c2ccccc2)c(F)c1F.c1ccc(-c2cc3cccc(-c4ccccc4)c3cc2-n2c3cc4c(cc3c3c(-c5ccccc5)cccc32)oc2ccccc24)cc1.c1ccc(-c2ccccc2-c2ccc(-n3c4ccccc4c4c(-c5ccccc5)c5sc6ccccc6c5cc43)cc2)cc1. The Morgan fingerprint density at radius 3 is 1.20 bits per heavy atom. The monoisotopic (exact) mass is 1810 g/mol. The maximum absolute atomic E-state index is 15.4. The molecule has 0 radical (unpaired) electrons. The third-order valence-electron chi connectivity index (χ3n) is 27.7. The van der Waals surface area contributed by atoms with Gasteiger partial charge in [0, 0.05) is 96.4 Å². The van der Waals surface area contributed by atoms with Crippen molar-refractivity contribution in [2.24, 2.45) is 0 Å². The van der Waals surface area contributed by atoms with E-state index in [0.717, 1.165) is 98.3 Å². The van der Waals surface area contributed by atoms with E-state index in [4.69, 9.17) is 4.42 Å². The number of halogens is 5. The van der Waals surface area contributed by atoms with Crippen LogP contribution in [-0.2, 0) is 0 Å². The predicted molar refractivity (Wildman–Crippen MR) is 570 cm³/mol. The van der Waals surface area contributed by atoms with Crippen molar-refractivity contribution in [3.05, 3.63) is 496 Å². The Hall–Kier alpha value is -17.8. The van der Waals surface area contributed by atoms with Crippen LogP contribution in [0.1, 0.15) is 0 Å². The van der Waals surface area contributed by atoms with E-state index in [1.165, 1.54) is 130 Å². The highest BCUT2D eigenvalue weighted by Gasteiger charge is 2.32. The highest BCUT2D eigenvalue weighted by atomic mass is 32.1. The summed E-state index contributed by atoms with van der Waals surface area (Å²) < 4.78 is 91.5. The maximum atomic E-state index is 15.4. The normalized spacial score (nSPS) is 11.8. The highest BCUT2D eigenvalue weighted by molar-refractivity contribution is 7.26. The molecule has 0 saturated carbocycles. The summed E-state index contributed by atoms with van der Waals surface area (Å²) in [6.45, 7) is 0. The summed E-state index contributed by atoms with van der Waals surface area (Å²) in [5.41, 5.74) is 27.9. The minimum absolute atomic E-state index is 0.310. The van der Waals surface area contributed by atoms with Crippen molar-refractivity contribution < 1.29 is 26.4 Å². The van der Waals surface area contributed by atoms with Crippen LogP contribution in [0.4, 0.5) is 22.0 Å². The van der Waals surface area contributed by atoms with Gasteiger partial charge in [-0.15, -0.1) is 11.3 Å². The van der Waals surface area contributed by atoms with Gasteiger partial charge in [0.05, 0.1) is 55.5 Å². The quantitative estimate of drug-likeness (QED) is 0.0722. The number of furan rings is 1. The smallest absolute Gasteiger partial charge is 0.200 e. The number of thiophene rings is 1.